The van der Waals surface area contributed by atoms with Crippen LogP contribution in [0.4, 0.5) is 5.95 Å². The van der Waals surface area contributed by atoms with Gasteiger partial charge >= 0.3 is 5.69 Å². The molecule has 0 saturated heterocycles. The van der Waals surface area contributed by atoms with E-state index < -0.39 is 11.2 Å². The van der Waals surface area contributed by atoms with E-state index in [4.69, 9.17) is 5.10 Å². The molecular weight excluding hydrogens is 360 g/mol. The molecule has 1 atom stereocenters. The fraction of sp³-hybridized carbons (Fsp3) is 0.368. The molecule has 9 heteroatoms. The molecule has 0 amide bonds. The van der Waals surface area contributed by atoms with Crippen LogP contribution in [-0.4, -0.2) is 42.7 Å². The van der Waals surface area contributed by atoms with Gasteiger partial charge in [0.2, 0.25) is 5.95 Å². The number of β-amino-alcohol motifs (C(OH)–C–C–N with tert-alkyl or cyclic N) is 1. The van der Waals surface area contributed by atoms with Crippen molar-refractivity contribution in [3.63, 3.8) is 0 Å². The molecule has 9 nitrogen and oxygen atoms in total. The molecule has 2 aromatic heterocycles. The lowest BCUT2D eigenvalue weighted by molar-refractivity contribution is 0.300. The van der Waals surface area contributed by atoms with Gasteiger partial charge in [-0.1, -0.05) is 37.3 Å². The number of hydrogen-bond acceptors (Lipinski definition) is 6. The van der Waals surface area contributed by atoms with E-state index in [2.05, 4.69) is 4.98 Å². The summed E-state index contributed by atoms with van der Waals surface area (Å²) in [5.74, 6) is 0.453. The summed E-state index contributed by atoms with van der Waals surface area (Å²) in [4.78, 5) is 29.9. The number of aromatic nitrogens is 4. The SMILES string of the molecule is CC[C@@H]1C(c2ccccc2)=NN(CCO)c2nc3c(c(=O)n(C)c(=O)n3C)n21. The van der Waals surface area contributed by atoms with Crippen LogP contribution in [0.5, 0.6) is 0 Å². The Morgan fingerprint density at radius 3 is 2.46 bits per heavy atom. The minimum Gasteiger partial charge on any atom is -0.394 e. The second kappa shape index (κ2) is 6.75. The smallest absolute Gasteiger partial charge is 0.332 e. The molecule has 4 rings (SSSR count). The first kappa shape index (κ1) is 18.2. The van der Waals surface area contributed by atoms with Crippen LogP contribution >= 0.6 is 0 Å². The second-order valence-electron chi connectivity index (χ2n) is 6.78. The van der Waals surface area contributed by atoms with E-state index in [-0.39, 0.29) is 19.2 Å². The monoisotopic (exact) mass is 382 g/mol. The highest BCUT2D eigenvalue weighted by atomic mass is 16.3. The number of aliphatic hydroxyl groups excluding tert-OH is 1. The van der Waals surface area contributed by atoms with Crippen LogP contribution in [0.2, 0.25) is 0 Å². The van der Waals surface area contributed by atoms with Crippen molar-refractivity contribution in [2.45, 2.75) is 19.4 Å². The fourth-order valence-electron chi connectivity index (χ4n) is 3.72. The van der Waals surface area contributed by atoms with Gasteiger partial charge in [0.05, 0.1) is 24.9 Å². The third kappa shape index (κ3) is 2.50. The van der Waals surface area contributed by atoms with Gasteiger partial charge in [0.1, 0.15) is 0 Å². The topological polar surface area (TPSA) is 97.7 Å². The van der Waals surface area contributed by atoms with E-state index in [1.54, 1.807) is 12.1 Å². The lowest BCUT2D eigenvalue weighted by atomic mass is 10.0. The molecule has 0 aliphatic carbocycles. The normalized spacial score (nSPS) is 16.4. The standard InChI is InChI=1S/C19H22N6O3/c1-4-13-14(12-8-6-5-7-9-12)21-24(10-11-26)18-20-16-15(25(13)18)17(27)23(3)19(28)22(16)2/h5-9,13,26H,4,10-11H2,1-3H3/t13-/m1/s1. The zero-order valence-electron chi connectivity index (χ0n) is 16.0. The first-order valence-corrected chi connectivity index (χ1v) is 9.19. The summed E-state index contributed by atoms with van der Waals surface area (Å²) < 4.78 is 4.31. The van der Waals surface area contributed by atoms with Gasteiger partial charge in [0, 0.05) is 14.1 Å². The first-order valence-electron chi connectivity index (χ1n) is 9.19. The van der Waals surface area contributed by atoms with Gasteiger partial charge in [-0.25, -0.2) is 9.80 Å². The minimum atomic E-state index is -0.432. The van der Waals surface area contributed by atoms with Crippen molar-refractivity contribution in [1.29, 1.82) is 0 Å². The maximum absolute atomic E-state index is 13.0. The largest absolute Gasteiger partial charge is 0.394 e. The number of aliphatic hydroxyl groups is 1. The summed E-state index contributed by atoms with van der Waals surface area (Å²) in [7, 11) is 3.06. The van der Waals surface area contributed by atoms with E-state index >= 15 is 0 Å². The summed E-state index contributed by atoms with van der Waals surface area (Å²) in [6.07, 6.45) is 0.686. The number of anilines is 1. The predicted octanol–water partition coefficient (Wildman–Crippen LogP) is 0.601. The Labute approximate surface area is 160 Å². The molecule has 0 unspecified atom stereocenters. The van der Waals surface area contributed by atoms with Gasteiger partial charge in [-0.3, -0.25) is 18.5 Å². The van der Waals surface area contributed by atoms with Gasteiger partial charge in [-0.2, -0.15) is 10.1 Å². The lowest BCUT2D eigenvalue weighted by Crippen LogP contribution is -2.39. The van der Waals surface area contributed by atoms with E-state index in [0.29, 0.717) is 23.5 Å². The van der Waals surface area contributed by atoms with Crippen molar-refractivity contribution in [2.24, 2.45) is 19.2 Å². The molecule has 3 heterocycles. The predicted molar refractivity (Wildman–Crippen MR) is 107 cm³/mol. The van der Waals surface area contributed by atoms with Crippen LogP contribution in [-0.2, 0) is 14.1 Å². The van der Waals surface area contributed by atoms with Crippen LogP contribution in [0, 0.1) is 0 Å². The molecule has 0 bridgehead atoms. The number of hydrazone groups is 1. The molecule has 0 saturated carbocycles. The quantitative estimate of drug-likeness (QED) is 0.713. The second-order valence-corrected chi connectivity index (χ2v) is 6.78. The zero-order valence-corrected chi connectivity index (χ0v) is 16.0. The number of aryl methyl sites for hydroxylation is 1. The van der Waals surface area contributed by atoms with E-state index in [0.717, 1.165) is 15.8 Å². The minimum absolute atomic E-state index is 0.123. The van der Waals surface area contributed by atoms with Gasteiger partial charge in [-0.05, 0) is 12.0 Å². The molecular formula is C19H22N6O3. The number of fused-ring (bicyclic) bond motifs is 3. The third-order valence-corrected chi connectivity index (χ3v) is 5.13. The molecule has 146 valence electrons. The van der Waals surface area contributed by atoms with Crippen LogP contribution in [0.3, 0.4) is 0 Å². The summed E-state index contributed by atoms with van der Waals surface area (Å²) in [5, 5.41) is 15.9. The maximum atomic E-state index is 13.0. The number of rotatable bonds is 4. The third-order valence-electron chi connectivity index (χ3n) is 5.13. The summed E-state index contributed by atoms with van der Waals surface area (Å²) in [6, 6.07) is 9.52. The molecule has 28 heavy (non-hydrogen) atoms. The average Bonchev–Trinajstić information content (AvgIpc) is 3.12. The molecule has 0 fully saturated rings. The summed E-state index contributed by atoms with van der Waals surface area (Å²) in [5.41, 5.74) is 1.57. The first-order chi connectivity index (χ1) is 13.5. The Kier molecular flexibility index (Phi) is 4.38. The summed E-state index contributed by atoms with van der Waals surface area (Å²) in [6.45, 7) is 2.12. The van der Waals surface area contributed by atoms with E-state index in [1.165, 1.54) is 11.6 Å². The fourth-order valence-corrected chi connectivity index (χ4v) is 3.72. The van der Waals surface area contributed by atoms with Crippen molar-refractivity contribution in [3.8, 4) is 0 Å². The van der Waals surface area contributed by atoms with Crippen molar-refractivity contribution in [3.05, 3.63) is 56.7 Å². The van der Waals surface area contributed by atoms with Crippen LogP contribution in [0.15, 0.2) is 45.0 Å². The number of nitrogens with zero attached hydrogens (tertiary/aromatic N) is 6. The summed E-state index contributed by atoms with van der Waals surface area (Å²) >= 11 is 0. The Morgan fingerprint density at radius 1 is 1.11 bits per heavy atom. The molecule has 1 aliphatic heterocycles. The van der Waals surface area contributed by atoms with Crippen molar-refractivity contribution < 1.29 is 5.11 Å². The maximum Gasteiger partial charge on any atom is 0.332 e. The van der Waals surface area contributed by atoms with Gasteiger partial charge in [0.15, 0.2) is 11.2 Å². The number of imidazole rings is 1. The molecule has 1 aliphatic rings. The highest BCUT2D eigenvalue weighted by Gasteiger charge is 2.33. The molecule has 3 aromatic rings. The molecule has 0 radical (unpaired) electrons. The highest BCUT2D eigenvalue weighted by molar-refractivity contribution is 6.05. The van der Waals surface area contributed by atoms with Gasteiger partial charge in [-0.15, -0.1) is 0 Å². The van der Waals surface area contributed by atoms with E-state index in [1.807, 2.05) is 41.8 Å². The molecule has 1 N–H and O–H groups in total. The number of hydrogen-bond donors (Lipinski definition) is 1. The van der Waals surface area contributed by atoms with E-state index in [9.17, 15) is 14.7 Å². The van der Waals surface area contributed by atoms with Crippen molar-refractivity contribution in [1.82, 2.24) is 18.7 Å². The Balaban J connectivity index is 2.08. The molecule has 0 spiro atoms. The number of benzene rings is 1. The van der Waals surface area contributed by atoms with Crippen LogP contribution in [0.1, 0.15) is 24.9 Å². The van der Waals surface area contributed by atoms with Crippen molar-refractivity contribution in [2.75, 3.05) is 18.2 Å². The highest BCUT2D eigenvalue weighted by Crippen LogP contribution is 2.33. The Hall–Kier alpha value is -3.20. The average molecular weight is 382 g/mol. The van der Waals surface area contributed by atoms with Crippen molar-refractivity contribution >= 4 is 22.8 Å². The van der Waals surface area contributed by atoms with Crippen LogP contribution < -0.4 is 16.3 Å². The molecule has 1 aromatic carbocycles. The zero-order chi connectivity index (χ0) is 20.0. The van der Waals surface area contributed by atoms with Gasteiger partial charge < -0.3 is 5.11 Å². The Morgan fingerprint density at radius 2 is 1.82 bits per heavy atom. The van der Waals surface area contributed by atoms with Gasteiger partial charge in [0.25, 0.3) is 5.56 Å². The Bertz CT molecular complexity index is 1190. The lowest BCUT2D eigenvalue weighted by Gasteiger charge is -2.31. The van der Waals surface area contributed by atoms with Crippen LogP contribution in [0.25, 0.3) is 11.2 Å².